The van der Waals surface area contributed by atoms with E-state index in [2.05, 4.69) is 47.4 Å². The number of rotatable bonds is 3. The molecule has 1 aromatic heterocycles. The summed E-state index contributed by atoms with van der Waals surface area (Å²) < 4.78 is 1.23. The summed E-state index contributed by atoms with van der Waals surface area (Å²) in [4.78, 5) is 4.23. The molecule has 1 aromatic carbocycles. The summed E-state index contributed by atoms with van der Waals surface area (Å²) in [6.07, 6.45) is 1.66. The quantitative estimate of drug-likeness (QED) is 0.611. The second kappa shape index (κ2) is 5.81. The SMILES string of the molecule is Cc1csc(NN=Cc2cc(Br)c(O)c(Br)c2)n1. The number of aryl methyl sites for hydroxylation is 1. The third-order valence-electron chi connectivity index (χ3n) is 2.03. The van der Waals surface area contributed by atoms with Crippen LogP contribution in [0.4, 0.5) is 5.13 Å². The largest absolute Gasteiger partial charge is 0.506 e. The molecule has 0 aliphatic heterocycles. The Hall–Kier alpha value is -0.920. The van der Waals surface area contributed by atoms with Crippen molar-refractivity contribution in [1.82, 2.24) is 4.98 Å². The first kappa shape index (κ1) is 13.5. The van der Waals surface area contributed by atoms with Crippen molar-refractivity contribution in [2.45, 2.75) is 6.92 Å². The van der Waals surface area contributed by atoms with E-state index in [1.807, 2.05) is 12.3 Å². The van der Waals surface area contributed by atoms with Crippen LogP contribution >= 0.6 is 43.2 Å². The second-order valence-corrected chi connectivity index (χ2v) is 6.06. The molecule has 4 nitrogen and oxygen atoms in total. The number of halogens is 2. The van der Waals surface area contributed by atoms with E-state index >= 15 is 0 Å². The normalized spacial score (nSPS) is 11.1. The van der Waals surface area contributed by atoms with Crippen molar-refractivity contribution < 1.29 is 5.11 Å². The van der Waals surface area contributed by atoms with Gasteiger partial charge in [0.2, 0.25) is 5.13 Å². The molecule has 18 heavy (non-hydrogen) atoms. The van der Waals surface area contributed by atoms with Crippen LogP contribution in [0.15, 0.2) is 31.6 Å². The molecule has 0 saturated heterocycles. The van der Waals surface area contributed by atoms with Crippen LogP contribution in [0.25, 0.3) is 0 Å². The Morgan fingerprint density at radius 2 is 2.06 bits per heavy atom. The highest BCUT2D eigenvalue weighted by molar-refractivity contribution is 9.11. The van der Waals surface area contributed by atoms with Gasteiger partial charge >= 0.3 is 0 Å². The van der Waals surface area contributed by atoms with Gasteiger partial charge in [-0.1, -0.05) is 0 Å². The van der Waals surface area contributed by atoms with Gasteiger partial charge in [-0.25, -0.2) is 4.98 Å². The maximum absolute atomic E-state index is 9.57. The predicted octanol–water partition coefficient (Wildman–Crippen LogP) is 4.13. The number of hydrazone groups is 1. The average Bonchev–Trinajstić information content (AvgIpc) is 2.72. The lowest BCUT2D eigenvalue weighted by Gasteiger charge is -2.01. The summed E-state index contributed by atoms with van der Waals surface area (Å²) >= 11 is 8.03. The number of aromatic nitrogens is 1. The molecule has 0 saturated carbocycles. The van der Waals surface area contributed by atoms with Crippen LogP contribution in [-0.2, 0) is 0 Å². The Morgan fingerprint density at radius 3 is 2.61 bits per heavy atom. The Balaban J connectivity index is 2.09. The van der Waals surface area contributed by atoms with Crippen molar-refractivity contribution in [3.8, 4) is 5.75 Å². The van der Waals surface area contributed by atoms with Crippen LogP contribution in [0, 0.1) is 6.92 Å². The fraction of sp³-hybridized carbons (Fsp3) is 0.0909. The molecule has 0 atom stereocenters. The lowest BCUT2D eigenvalue weighted by Crippen LogP contribution is -1.90. The molecule has 0 fully saturated rings. The van der Waals surface area contributed by atoms with Crippen molar-refractivity contribution in [3.63, 3.8) is 0 Å². The Kier molecular flexibility index (Phi) is 4.36. The van der Waals surface area contributed by atoms with Gasteiger partial charge in [0, 0.05) is 5.38 Å². The number of aromatic hydroxyl groups is 1. The molecule has 0 unspecified atom stereocenters. The van der Waals surface area contributed by atoms with E-state index in [1.54, 1.807) is 18.3 Å². The maximum Gasteiger partial charge on any atom is 0.203 e. The minimum Gasteiger partial charge on any atom is -0.506 e. The third-order valence-corrected chi connectivity index (χ3v) is 4.11. The van der Waals surface area contributed by atoms with Crippen LogP contribution in [-0.4, -0.2) is 16.3 Å². The highest BCUT2D eigenvalue weighted by Crippen LogP contribution is 2.32. The predicted molar refractivity (Wildman–Crippen MR) is 81.6 cm³/mol. The fourth-order valence-electron chi connectivity index (χ4n) is 1.23. The smallest absolute Gasteiger partial charge is 0.203 e. The molecule has 2 rings (SSSR count). The van der Waals surface area contributed by atoms with Gasteiger partial charge in [0.25, 0.3) is 0 Å². The number of benzene rings is 1. The van der Waals surface area contributed by atoms with Crippen LogP contribution in [0.2, 0.25) is 0 Å². The lowest BCUT2D eigenvalue weighted by atomic mass is 10.2. The monoisotopic (exact) mass is 389 g/mol. The first-order valence-electron chi connectivity index (χ1n) is 4.95. The molecular weight excluding hydrogens is 382 g/mol. The first-order valence-corrected chi connectivity index (χ1v) is 7.42. The molecule has 0 spiro atoms. The zero-order valence-corrected chi connectivity index (χ0v) is 13.3. The number of hydrogen-bond acceptors (Lipinski definition) is 5. The standard InChI is InChI=1S/C11H9Br2N3OS/c1-6-5-18-11(15-6)16-14-4-7-2-8(12)10(17)9(13)3-7/h2-5,17H,1H3,(H,15,16). The number of nitrogens with one attached hydrogen (secondary N) is 1. The summed E-state index contributed by atoms with van der Waals surface area (Å²) in [5.41, 5.74) is 4.67. The molecule has 0 amide bonds. The van der Waals surface area contributed by atoms with Gasteiger partial charge in [0.1, 0.15) is 5.75 Å². The molecule has 1 heterocycles. The number of thiazole rings is 1. The Morgan fingerprint density at radius 1 is 1.39 bits per heavy atom. The van der Waals surface area contributed by atoms with E-state index in [4.69, 9.17) is 0 Å². The molecule has 94 valence electrons. The minimum atomic E-state index is 0.177. The molecule has 0 aliphatic carbocycles. The van der Waals surface area contributed by atoms with Gasteiger partial charge in [-0.2, -0.15) is 5.10 Å². The number of hydrogen-bond donors (Lipinski definition) is 2. The van der Waals surface area contributed by atoms with Crippen molar-refractivity contribution in [2.24, 2.45) is 5.10 Å². The molecule has 2 aromatic rings. The molecule has 2 N–H and O–H groups in total. The third kappa shape index (κ3) is 3.30. The zero-order chi connectivity index (χ0) is 13.1. The van der Waals surface area contributed by atoms with E-state index in [9.17, 15) is 5.11 Å². The van der Waals surface area contributed by atoms with E-state index in [1.165, 1.54) is 11.3 Å². The molecule has 7 heteroatoms. The molecule has 0 bridgehead atoms. The first-order chi connectivity index (χ1) is 8.56. The fourth-order valence-corrected chi connectivity index (χ4v) is 3.09. The van der Waals surface area contributed by atoms with Gasteiger partial charge < -0.3 is 5.11 Å². The van der Waals surface area contributed by atoms with Crippen LogP contribution in [0.3, 0.4) is 0 Å². The van der Waals surface area contributed by atoms with Gasteiger partial charge in [-0.15, -0.1) is 11.3 Å². The van der Waals surface area contributed by atoms with Gasteiger partial charge in [0.05, 0.1) is 20.9 Å². The Labute approximate surface area is 125 Å². The minimum absolute atomic E-state index is 0.177. The number of phenols is 1. The van der Waals surface area contributed by atoms with E-state index < -0.39 is 0 Å². The highest BCUT2D eigenvalue weighted by atomic mass is 79.9. The lowest BCUT2D eigenvalue weighted by molar-refractivity contribution is 0.468. The molecular formula is C11H9Br2N3OS. The Bertz CT molecular complexity index is 575. The van der Waals surface area contributed by atoms with E-state index in [0.29, 0.717) is 8.95 Å². The van der Waals surface area contributed by atoms with Crippen molar-refractivity contribution in [2.75, 3.05) is 5.43 Å². The molecule has 0 aliphatic rings. The summed E-state index contributed by atoms with van der Waals surface area (Å²) in [5.74, 6) is 0.177. The summed E-state index contributed by atoms with van der Waals surface area (Å²) in [5, 5.41) is 16.4. The van der Waals surface area contributed by atoms with Gasteiger partial charge in [-0.3, -0.25) is 5.43 Å². The van der Waals surface area contributed by atoms with Crippen molar-refractivity contribution >= 4 is 54.5 Å². The zero-order valence-electron chi connectivity index (χ0n) is 9.32. The average molecular weight is 391 g/mol. The topological polar surface area (TPSA) is 57.5 Å². The van der Waals surface area contributed by atoms with Gasteiger partial charge in [-0.05, 0) is 56.5 Å². The van der Waals surface area contributed by atoms with Gasteiger partial charge in [0.15, 0.2) is 0 Å². The summed E-state index contributed by atoms with van der Waals surface area (Å²) in [7, 11) is 0. The van der Waals surface area contributed by atoms with Crippen molar-refractivity contribution in [3.05, 3.63) is 37.7 Å². The second-order valence-electron chi connectivity index (χ2n) is 3.50. The maximum atomic E-state index is 9.57. The van der Waals surface area contributed by atoms with Crippen LogP contribution in [0.5, 0.6) is 5.75 Å². The summed E-state index contributed by atoms with van der Waals surface area (Å²) in [6, 6.07) is 3.55. The van der Waals surface area contributed by atoms with Crippen molar-refractivity contribution in [1.29, 1.82) is 0 Å². The number of anilines is 1. The van der Waals surface area contributed by atoms with Crippen LogP contribution in [0.1, 0.15) is 11.3 Å². The van der Waals surface area contributed by atoms with E-state index in [0.717, 1.165) is 16.4 Å². The van der Waals surface area contributed by atoms with E-state index in [-0.39, 0.29) is 5.75 Å². The van der Waals surface area contributed by atoms with Crippen LogP contribution < -0.4 is 5.43 Å². The molecule has 0 radical (unpaired) electrons. The highest BCUT2D eigenvalue weighted by Gasteiger charge is 2.04. The summed E-state index contributed by atoms with van der Waals surface area (Å²) in [6.45, 7) is 1.93. The number of phenolic OH excluding ortho intramolecular Hbond substituents is 1. The number of nitrogens with zero attached hydrogens (tertiary/aromatic N) is 2.